The Balaban J connectivity index is 1.34. The first kappa shape index (κ1) is 19.5. The Hall–Kier alpha value is -2.21. The van der Waals surface area contributed by atoms with Crippen LogP contribution in [-0.2, 0) is 15.9 Å². The van der Waals surface area contributed by atoms with Crippen molar-refractivity contribution < 1.29 is 14.3 Å². The van der Waals surface area contributed by atoms with Crippen molar-refractivity contribution in [3.63, 3.8) is 0 Å². The number of pyridine rings is 2. The number of nitrogens with zero attached hydrogens (tertiary/aromatic N) is 3. The highest BCUT2D eigenvalue weighted by Crippen LogP contribution is 2.20. The molecule has 3 heterocycles. The fourth-order valence-corrected chi connectivity index (χ4v) is 3.20. The molecular formula is C21H29N3O3. The molecule has 146 valence electrons. The number of ether oxygens (including phenoxy) is 2. The van der Waals surface area contributed by atoms with Crippen molar-refractivity contribution in [1.82, 2.24) is 14.9 Å². The first-order valence-corrected chi connectivity index (χ1v) is 9.67. The van der Waals surface area contributed by atoms with Crippen LogP contribution in [0, 0.1) is 5.92 Å². The van der Waals surface area contributed by atoms with Crippen molar-refractivity contribution in [3.05, 3.63) is 36.2 Å². The lowest BCUT2D eigenvalue weighted by atomic mass is 10.1. The quantitative estimate of drug-likeness (QED) is 0.722. The molecule has 3 rings (SSSR count). The van der Waals surface area contributed by atoms with Crippen molar-refractivity contribution in [3.8, 4) is 0 Å². The summed E-state index contributed by atoms with van der Waals surface area (Å²) in [6, 6.07) is 8.06. The molecule has 0 saturated carbocycles. The van der Waals surface area contributed by atoms with Gasteiger partial charge in [0.2, 0.25) is 0 Å². The Morgan fingerprint density at radius 3 is 2.96 bits per heavy atom. The van der Waals surface area contributed by atoms with Gasteiger partial charge in [0, 0.05) is 42.9 Å². The Bertz CT molecular complexity index is 773. The molecule has 1 atom stereocenters. The van der Waals surface area contributed by atoms with Crippen LogP contribution in [0.4, 0.5) is 4.79 Å². The lowest BCUT2D eigenvalue weighted by Crippen LogP contribution is -2.35. The van der Waals surface area contributed by atoms with Crippen LogP contribution in [0.25, 0.3) is 11.0 Å². The van der Waals surface area contributed by atoms with Gasteiger partial charge in [-0.3, -0.25) is 0 Å². The molecule has 2 aromatic rings. The molecule has 0 N–H and O–H groups in total. The molecule has 2 aromatic heterocycles. The third-order valence-corrected chi connectivity index (χ3v) is 4.53. The average molecular weight is 371 g/mol. The van der Waals surface area contributed by atoms with Crippen LogP contribution < -0.4 is 0 Å². The molecule has 0 aromatic carbocycles. The molecule has 1 aliphatic rings. The van der Waals surface area contributed by atoms with Gasteiger partial charge in [-0.15, -0.1) is 0 Å². The van der Waals surface area contributed by atoms with Crippen LogP contribution in [0.5, 0.6) is 0 Å². The lowest BCUT2D eigenvalue weighted by molar-refractivity contribution is 0.0274. The second-order valence-electron chi connectivity index (χ2n) is 8.11. The second kappa shape index (κ2) is 8.65. The van der Waals surface area contributed by atoms with Crippen molar-refractivity contribution in [2.24, 2.45) is 5.92 Å². The summed E-state index contributed by atoms with van der Waals surface area (Å²) in [7, 11) is 0. The SMILES string of the molecule is CC(C)(C)OC(=O)N1CCC(COCCCc2ccc3cccnc3n2)C1. The monoisotopic (exact) mass is 371 g/mol. The number of hydrogen-bond acceptors (Lipinski definition) is 5. The van der Waals surface area contributed by atoms with Crippen molar-refractivity contribution >= 4 is 17.1 Å². The van der Waals surface area contributed by atoms with E-state index in [0.717, 1.165) is 42.5 Å². The molecular weight excluding hydrogens is 342 g/mol. The van der Waals surface area contributed by atoms with E-state index in [9.17, 15) is 4.79 Å². The zero-order valence-corrected chi connectivity index (χ0v) is 16.5. The van der Waals surface area contributed by atoms with Gasteiger partial charge in [0.1, 0.15) is 5.60 Å². The number of carbonyl (C=O) groups is 1. The van der Waals surface area contributed by atoms with Crippen LogP contribution in [0.1, 0.15) is 39.3 Å². The van der Waals surface area contributed by atoms with Crippen LogP contribution in [0.15, 0.2) is 30.5 Å². The van der Waals surface area contributed by atoms with E-state index in [1.165, 1.54) is 0 Å². The molecule has 6 heteroatoms. The van der Waals surface area contributed by atoms with Gasteiger partial charge >= 0.3 is 6.09 Å². The number of hydrogen-bond donors (Lipinski definition) is 0. The zero-order valence-electron chi connectivity index (χ0n) is 16.5. The fourth-order valence-electron chi connectivity index (χ4n) is 3.20. The highest BCUT2D eigenvalue weighted by atomic mass is 16.6. The van der Waals surface area contributed by atoms with Gasteiger partial charge in [0.25, 0.3) is 0 Å². The number of rotatable bonds is 6. The van der Waals surface area contributed by atoms with Crippen LogP contribution in [0.2, 0.25) is 0 Å². The third-order valence-electron chi connectivity index (χ3n) is 4.53. The molecule has 6 nitrogen and oxygen atoms in total. The van der Waals surface area contributed by atoms with Crippen molar-refractivity contribution in [2.45, 2.75) is 45.6 Å². The number of fused-ring (bicyclic) bond motifs is 1. The summed E-state index contributed by atoms with van der Waals surface area (Å²) in [5.74, 6) is 0.389. The van der Waals surface area contributed by atoms with E-state index >= 15 is 0 Å². The fraction of sp³-hybridized carbons (Fsp3) is 0.571. The van der Waals surface area contributed by atoms with Crippen LogP contribution in [-0.4, -0.2) is 52.9 Å². The maximum absolute atomic E-state index is 12.1. The van der Waals surface area contributed by atoms with E-state index in [0.29, 0.717) is 25.7 Å². The van der Waals surface area contributed by atoms with Gasteiger partial charge in [-0.2, -0.15) is 0 Å². The first-order chi connectivity index (χ1) is 12.9. The molecule has 1 saturated heterocycles. The topological polar surface area (TPSA) is 64.5 Å². The summed E-state index contributed by atoms with van der Waals surface area (Å²) < 4.78 is 11.3. The second-order valence-corrected chi connectivity index (χ2v) is 8.11. The average Bonchev–Trinajstić information content (AvgIpc) is 3.09. The standard InChI is InChI=1S/C21H29N3O3/c1-21(2,3)27-20(25)24-12-10-16(14-24)15-26-13-5-7-18-9-8-17-6-4-11-22-19(17)23-18/h4,6,8-9,11,16H,5,7,10,12-15H2,1-3H3. The molecule has 0 bridgehead atoms. The number of aryl methyl sites for hydroxylation is 1. The van der Waals surface area contributed by atoms with Gasteiger partial charge in [0.05, 0.1) is 6.61 Å². The van der Waals surface area contributed by atoms with Crippen molar-refractivity contribution in [1.29, 1.82) is 0 Å². The molecule has 1 unspecified atom stereocenters. The predicted molar refractivity (Wildman–Crippen MR) is 105 cm³/mol. The maximum Gasteiger partial charge on any atom is 0.410 e. The Morgan fingerprint density at radius 2 is 2.15 bits per heavy atom. The molecule has 27 heavy (non-hydrogen) atoms. The predicted octanol–water partition coefficient (Wildman–Crippen LogP) is 3.84. The minimum absolute atomic E-state index is 0.221. The molecule has 0 aliphatic carbocycles. The zero-order chi connectivity index (χ0) is 19.3. The minimum atomic E-state index is -0.446. The highest BCUT2D eigenvalue weighted by Gasteiger charge is 2.29. The maximum atomic E-state index is 12.1. The largest absolute Gasteiger partial charge is 0.444 e. The van der Waals surface area contributed by atoms with E-state index in [-0.39, 0.29) is 6.09 Å². The van der Waals surface area contributed by atoms with Gasteiger partial charge in [-0.1, -0.05) is 0 Å². The van der Waals surface area contributed by atoms with Gasteiger partial charge in [-0.05, 0) is 64.3 Å². The normalized spacial score (nSPS) is 17.4. The molecule has 1 aliphatic heterocycles. The molecule has 1 amide bonds. The summed E-state index contributed by atoms with van der Waals surface area (Å²) in [4.78, 5) is 22.7. The number of likely N-dealkylation sites (tertiary alicyclic amines) is 1. The lowest BCUT2D eigenvalue weighted by Gasteiger charge is -2.24. The number of aromatic nitrogens is 2. The van der Waals surface area contributed by atoms with Crippen molar-refractivity contribution in [2.75, 3.05) is 26.3 Å². The van der Waals surface area contributed by atoms with Gasteiger partial charge in [-0.25, -0.2) is 14.8 Å². The van der Waals surface area contributed by atoms with Crippen LogP contribution in [0.3, 0.4) is 0 Å². The van der Waals surface area contributed by atoms with E-state index in [2.05, 4.69) is 22.1 Å². The Morgan fingerprint density at radius 1 is 1.30 bits per heavy atom. The van der Waals surface area contributed by atoms with E-state index in [1.54, 1.807) is 11.1 Å². The third kappa shape index (κ3) is 5.89. The Kier molecular flexibility index (Phi) is 6.26. The summed E-state index contributed by atoms with van der Waals surface area (Å²) in [5, 5.41) is 1.06. The highest BCUT2D eigenvalue weighted by molar-refractivity contribution is 5.74. The van der Waals surface area contributed by atoms with Gasteiger partial charge in [0.15, 0.2) is 5.65 Å². The first-order valence-electron chi connectivity index (χ1n) is 9.67. The molecule has 0 radical (unpaired) electrons. The number of amides is 1. The van der Waals surface area contributed by atoms with E-state index in [1.807, 2.05) is 32.9 Å². The van der Waals surface area contributed by atoms with E-state index in [4.69, 9.17) is 9.47 Å². The smallest absolute Gasteiger partial charge is 0.410 e. The summed E-state index contributed by atoms with van der Waals surface area (Å²) in [5.41, 5.74) is 1.39. The minimum Gasteiger partial charge on any atom is -0.444 e. The summed E-state index contributed by atoms with van der Waals surface area (Å²) in [6.07, 6.45) is 4.32. The molecule has 0 spiro atoms. The molecule has 1 fully saturated rings. The Labute approximate surface area is 160 Å². The van der Waals surface area contributed by atoms with Gasteiger partial charge < -0.3 is 14.4 Å². The van der Waals surface area contributed by atoms with E-state index < -0.39 is 5.60 Å². The van der Waals surface area contributed by atoms with Crippen LogP contribution >= 0.6 is 0 Å². The summed E-state index contributed by atoms with van der Waals surface area (Å²) in [6.45, 7) is 8.52. The number of carbonyl (C=O) groups excluding carboxylic acids is 1. The summed E-state index contributed by atoms with van der Waals surface area (Å²) >= 11 is 0.